The number of nitrogens with one attached hydrogen (secondary N) is 2. The summed E-state index contributed by atoms with van der Waals surface area (Å²) in [4.78, 5) is 42.7. The highest BCUT2D eigenvalue weighted by Crippen LogP contribution is 2.44. The number of nitrogens with zero attached hydrogens (tertiary/aromatic N) is 2. The van der Waals surface area contributed by atoms with Gasteiger partial charge in [0, 0.05) is 33.8 Å². The second-order valence-corrected chi connectivity index (χ2v) is 19.3. The molecule has 10 heteroatoms. The van der Waals surface area contributed by atoms with Gasteiger partial charge in [-0.05, 0) is 67.9 Å². The second-order valence-electron chi connectivity index (χ2n) is 12.4. The van der Waals surface area contributed by atoms with Gasteiger partial charge in [-0.2, -0.15) is 11.8 Å². The highest BCUT2D eigenvalue weighted by molar-refractivity contribution is 7.99. The summed E-state index contributed by atoms with van der Waals surface area (Å²) in [5.74, 6) is 1.73. The van der Waals surface area contributed by atoms with Gasteiger partial charge in [0.05, 0.1) is 0 Å². The number of urea groups is 2. The van der Waals surface area contributed by atoms with Crippen LogP contribution in [0.3, 0.4) is 0 Å². The van der Waals surface area contributed by atoms with Gasteiger partial charge in [-0.1, -0.05) is 39.9 Å². The van der Waals surface area contributed by atoms with Crippen molar-refractivity contribution in [3.05, 3.63) is 0 Å². The normalized spacial score (nSPS) is 26.5. The molecule has 8 nitrogen and oxygen atoms in total. The van der Waals surface area contributed by atoms with Crippen molar-refractivity contribution in [3.8, 4) is 0 Å². The summed E-state index contributed by atoms with van der Waals surface area (Å²) in [5, 5.41) is 6.05. The Morgan fingerprint density at radius 2 is 1.81 bits per heavy atom. The summed E-state index contributed by atoms with van der Waals surface area (Å²) in [5.41, 5.74) is -0.791. The summed E-state index contributed by atoms with van der Waals surface area (Å²) in [6, 6.07) is 0.905. The zero-order chi connectivity index (χ0) is 26.4. The largest absolute Gasteiger partial charge is 0.361 e. The summed E-state index contributed by atoms with van der Waals surface area (Å²) < 4.78 is 5.86. The predicted octanol–water partition coefficient (Wildman–Crippen LogP) is 4.88. The first kappa shape index (κ1) is 29.3. The van der Waals surface area contributed by atoms with Crippen molar-refractivity contribution in [1.82, 2.24) is 20.4 Å². The van der Waals surface area contributed by atoms with Crippen LogP contribution in [0.4, 0.5) is 9.59 Å². The third-order valence-electron chi connectivity index (χ3n) is 8.04. The lowest BCUT2D eigenvalue weighted by Crippen LogP contribution is -2.55. The molecule has 2 N–H and O–H groups in total. The number of rotatable bonds is 11. The van der Waals surface area contributed by atoms with Gasteiger partial charge in [0.1, 0.15) is 12.3 Å². The molecule has 0 atom stereocenters. The Morgan fingerprint density at radius 1 is 1.14 bits per heavy atom. The number of carbonyl (C=O) groups is 3. The van der Waals surface area contributed by atoms with Crippen LogP contribution in [0.1, 0.15) is 65.2 Å². The van der Waals surface area contributed by atoms with Crippen molar-refractivity contribution in [3.63, 3.8) is 0 Å². The maximum Gasteiger partial charge on any atom is 0.329 e. The van der Waals surface area contributed by atoms with Crippen LogP contribution in [0.25, 0.3) is 0 Å². The molecule has 0 bridgehead atoms. The van der Waals surface area contributed by atoms with Crippen molar-refractivity contribution in [2.75, 3.05) is 37.9 Å². The molecule has 3 fully saturated rings. The van der Waals surface area contributed by atoms with E-state index in [9.17, 15) is 14.4 Å². The van der Waals surface area contributed by atoms with Crippen LogP contribution in [0, 0.1) is 5.41 Å². The Balaban J connectivity index is 1.61. The highest BCUT2D eigenvalue weighted by Gasteiger charge is 2.58. The molecule has 1 saturated carbocycles. The minimum absolute atomic E-state index is 0.0589. The van der Waals surface area contributed by atoms with E-state index in [2.05, 4.69) is 44.1 Å². The van der Waals surface area contributed by atoms with Crippen LogP contribution in [0.15, 0.2) is 0 Å². The predicted molar refractivity (Wildman–Crippen MR) is 149 cm³/mol. The highest BCUT2D eigenvalue weighted by atomic mass is 32.2. The first-order valence-corrected chi connectivity index (χ1v) is 18.7. The summed E-state index contributed by atoms with van der Waals surface area (Å²) in [7, 11) is -1.24. The second kappa shape index (κ2) is 12.5. The zero-order valence-corrected chi connectivity index (χ0v) is 24.9. The van der Waals surface area contributed by atoms with Crippen LogP contribution >= 0.6 is 11.8 Å². The lowest BCUT2D eigenvalue weighted by Gasteiger charge is -2.45. The number of hydrogen-bond acceptors (Lipinski definition) is 5. The van der Waals surface area contributed by atoms with E-state index in [-0.39, 0.29) is 36.2 Å². The maximum absolute atomic E-state index is 13.7. The van der Waals surface area contributed by atoms with Gasteiger partial charge in [-0.15, -0.1) is 0 Å². The van der Waals surface area contributed by atoms with E-state index in [0.29, 0.717) is 32.5 Å². The quantitative estimate of drug-likeness (QED) is 0.222. The molecule has 5 amide bonds. The Kier molecular flexibility index (Phi) is 10.2. The van der Waals surface area contributed by atoms with E-state index in [4.69, 9.17) is 4.74 Å². The number of amides is 5. The van der Waals surface area contributed by atoms with Gasteiger partial charge >= 0.3 is 12.1 Å². The molecule has 0 aromatic carbocycles. The monoisotopic (exact) mass is 540 g/mol. The molecular weight excluding hydrogens is 492 g/mol. The van der Waals surface area contributed by atoms with E-state index >= 15 is 0 Å². The zero-order valence-electron chi connectivity index (χ0n) is 23.1. The van der Waals surface area contributed by atoms with Crippen LogP contribution < -0.4 is 10.6 Å². The van der Waals surface area contributed by atoms with Crippen LogP contribution in [-0.4, -0.2) is 85.4 Å². The summed E-state index contributed by atoms with van der Waals surface area (Å²) >= 11 is 1.86. The molecule has 3 rings (SSSR count). The maximum atomic E-state index is 13.7. The van der Waals surface area contributed by atoms with Crippen LogP contribution in [0.2, 0.25) is 25.7 Å². The van der Waals surface area contributed by atoms with Crippen molar-refractivity contribution in [1.29, 1.82) is 0 Å². The third-order valence-corrected chi connectivity index (χ3v) is 10.7. The van der Waals surface area contributed by atoms with Crippen molar-refractivity contribution >= 4 is 37.8 Å². The van der Waals surface area contributed by atoms with Gasteiger partial charge in [0.15, 0.2) is 0 Å². The van der Waals surface area contributed by atoms with Crippen LogP contribution in [0.5, 0.6) is 0 Å². The Bertz CT molecular complexity index is 776. The fraction of sp³-hybridized carbons (Fsp3) is 0.885. The number of imide groups is 1. The van der Waals surface area contributed by atoms with Gasteiger partial charge in [-0.25, -0.2) is 14.5 Å². The van der Waals surface area contributed by atoms with E-state index in [1.807, 2.05) is 16.7 Å². The fourth-order valence-corrected chi connectivity index (χ4v) is 7.38. The van der Waals surface area contributed by atoms with E-state index in [1.54, 1.807) is 0 Å². The Hall–Kier alpha value is -1.26. The molecule has 2 aliphatic heterocycles. The van der Waals surface area contributed by atoms with Crippen molar-refractivity contribution in [2.45, 2.75) is 102 Å². The Labute approximate surface area is 223 Å². The van der Waals surface area contributed by atoms with Crippen LogP contribution in [-0.2, 0) is 9.53 Å². The van der Waals surface area contributed by atoms with Gasteiger partial charge < -0.3 is 20.3 Å². The lowest BCUT2D eigenvalue weighted by molar-refractivity contribution is -0.137. The fourth-order valence-electron chi connectivity index (χ4n) is 5.46. The molecule has 2 heterocycles. The van der Waals surface area contributed by atoms with Gasteiger partial charge in [0.2, 0.25) is 0 Å². The minimum atomic E-state index is -1.24. The van der Waals surface area contributed by atoms with E-state index in [1.165, 1.54) is 4.90 Å². The number of carbonyl (C=O) groups excluding carboxylic acids is 3. The van der Waals surface area contributed by atoms with Crippen molar-refractivity contribution in [2.24, 2.45) is 5.41 Å². The SMILES string of the molecule is CCCCNC(=O)NC1CCC(C)(CN2C(=O)N(COCC[Si](C)(C)C)C(=O)C23CCSCC3)CC1. The lowest BCUT2D eigenvalue weighted by atomic mass is 9.73. The Morgan fingerprint density at radius 3 is 2.42 bits per heavy atom. The molecule has 1 spiro atoms. The topological polar surface area (TPSA) is 91.0 Å². The average molecular weight is 541 g/mol. The first-order valence-electron chi connectivity index (χ1n) is 13.8. The smallest absolute Gasteiger partial charge is 0.329 e. The van der Waals surface area contributed by atoms with E-state index in [0.717, 1.165) is 56.1 Å². The molecule has 0 aromatic heterocycles. The third kappa shape index (κ3) is 7.40. The molecule has 3 aliphatic rings. The number of hydrogen-bond donors (Lipinski definition) is 2. The van der Waals surface area contributed by atoms with Gasteiger partial charge in [-0.3, -0.25) is 4.79 Å². The number of thioether (sulfide) groups is 1. The molecule has 2 saturated heterocycles. The van der Waals surface area contributed by atoms with Gasteiger partial charge in [0.25, 0.3) is 5.91 Å². The average Bonchev–Trinajstić information content (AvgIpc) is 3.00. The molecule has 0 radical (unpaired) electrons. The standard InChI is InChI=1S/C26H48N4O4SSi/c1-6-7-14-27-23(32)28-21-8-10-25(2,11-9-21)19-30-24(33)29(20-34-15-18-36(3,4)5)22(31)26(30)12-16-35-17-13-26/h21H,6-20H2,1-5H3,(H2,27,28,32). The summed E-state index contributed by atoms with van der Waals surface area (Å²) in [6.45, 7) is 13.2. The summed E-state index contributed by atoms with van der Waals surface area (Å²) in [6.07, 6.45) is 7.09. The first-order chi connectivity index (χ1) is 17.0. The minimum Gasteiger partial charge on any atom is -0.361 e. The van der Waals surface area contributed by atoms with Crippen molar-refractivity contribution < 1.29 is 19.1 Å². The van der Waals surface area contributed by atoms with E-state index < -0.39 is 13.6 Å². The number of ether oxygens (including phenoxy) is 1. The molecule has 1 aliphatic carbocycles. The number of unbranched alkanes of at least 4 members (excludes halogenated alkanes) is 1. The molecular formula is C26H48N4O4SSi. The molecule has 0 aromatic rings. The molecule has 0 unspecified atom stereocenters. The molecule has 206 valence electrons. The molecule has 36 heavy (non-hydrogen) atoms.